The second kappa shape index (κ2) is 7.34. The average molecular weight is 381 g/mol. The number of hydrogen-bond acceptors (Lipinski definition) is 3. The lowest BCUT2D eigenvalue weighted by molar-refractivity contribution is -0.116. The van der Waals surface area contributed by atoms with Crippen LogP contribution in [0, 0.1) is 5.92 Å². The summed E-state index contributed by atoms with van der Waals surface area (Å²) < 4.78 is 5.99. The van der Waals surface area contributed by atoms with E-state index in [0.29, 0.717) is 24.1 Å². The van der Waals surface area contributed by atoms with E-state index in [0.717, 1.165) is 30.0 Å². The zero-order valence-corrected chi connectivity index (χ0v) is 16.6. The summed E-state index contributed by atoms with van der Waals surface area (Å²) >= 11 is 0. The quantitative estimate of drug-likeness (QED) is 0.796. The van der Waals surface area contributed by atoms with Gasteiger partial charge in [-0.25, -0.2) is 4.79 Å². The molecule has 2 unspecified atom stereocenters. The van der Waals surface area contributed by atoms with Gasteiger partial charge in [0.25, 0.3) is 0 Å². The van der Waals surface area contributed by atoms with Crippen molar-refractivity contribution in [3.63, 3.8) is 0 Å². The van der Waals surface area contributed by atoms with Crippen LogP contribution in [-0.2, 0) is 11.3 Å². The van der Waals surface area contributed by atoms with Crippen LogP contribution >= 0.6 is 0 Å². The number of nitrogens with one attached hydrogen (secondary N) is 1. The molecule has 2 aromatic rings. The molecule has 1 aromatic heterocycles. The maximum atomic E-state index is 12.8. The number of urea groups is 1. The van der Waals surface area contributed by atoms with Crippen LogP contribution in [0.2, 0.25) is 0 Å². The fourth-order valence-corrected chi connectivity index (χ4v) is 3.46. The van der Waals surface area contributed by atoms with Gasteiger partial charge in [0.05, 0.1) is 6.54 Å². The summed E-state index contributed by atoms with van der Waals surface area (Å²) in [6, 6.07) is 11.5. The van der Waals surface area contributed by atoms with Gasteiger partial charge in [0.1, 0.15) is 11.5 Å². The van der Waals surface area contributed by atoms with Gasteiger partial charge in [0.15, 0.2) is 0 Å². The smallest absolute Gasteiger partial charge is 0.322 e. The monoisotopic (exact) mass is 381 g/mol. The molecule has 6 heteroatoms. The number of rotatable bonds is 6. The number of carbonyl (C=O) groups is 2. The van der Waals surface area contributed by atoms with Crippen LogP contribution in [0.4, 0.5) is 16.2 Å². The van der Waals surface area contributed by atoms with E-state index in [1.165, 1.54) is 13.3 Å². The van der Waals surface area contributed by atoms with E-state index in [1.54, 1.807) is 11.9 Å². The molecule has 3 amide bonds. The highest BCUT2D eigenvalue weighted by Crippen LogP contribution is 2.47. The molecule has 1 heterocycles. The van der Waals surface area contributed by atoms with E-state index in [1.807, 2.05) is 35.2 Å². The van der Waals surface area contributed by atoms with E-state index in [9.17, 15) is 9.59 Å². The van der Waals surface area contributed by atoms with E-state index in [4.69, 9.17) is 4.42 Å². The zero-order chi connectivity index (χ0) is 19.8. The van der Waals surface area contributed by atoms with Crippen molar-refractivity contribution in [2.45, 2.75) is 51.6 Å². The SMILES string of the molecule is CC(=O)N(C)c1ccc(NC(=O)N(Cc2ccc(C3CC3C)o2)C2CC2)cc1. The number of nitrogens with zero attached hydrogens (tertiary/aromatic N) is 2. The van der Waals surface area contributed by atoms with E-state index >= 15 is 0 Å². The molecule has 4 rings (SSSR count). The van der Waals surface area contributed by atoms with Crippen LogP contribution in [-0.4, -0.2) is 29.9 Å². The summed E-state index contributed by atoms with van der Waals surface area (Å²) in [4.78, 5) is 27.7. The molecule has 2 saturated carbocycles. The van der Waals surface area contributed by atoms with Crippen LogP contribution in [0.1, 0.15) is 50.5 Å². The molecule has 0 spiro atoms. The van der Waals surface area contributed by atoms with Gasteiger partial charge in [-0.3, -0.25) is 4.79 Å². The van der Waals surface area contributed by atoms with Gasteiger partial charge in [-0.1, -0.05) is 6.92 Å². The highest BCUT2D eigenvalue weighted by Gasteiger charge is 2.37. The molecule has 28 heavy (non-hydrogen) atoms. The summed E-state index contributed by atoms with van der Waals surface area (Å²) in [5.41, 5.74) is 1.50. The average Bonchev–Trinajstić information content (AvgIpc) is 3.59. The van der Waals surface area contributed by atoms with Crippen LogP contribution in [0.15, 0.2) is 40.8 Å². The van der Waals surface area contributed by atoms with Gasteiger partial charge in [-0.05, 0) is 61.6 Å². The fourth-order valence-electron chi connectivity index (χ4n) is 3.46. The Kier molecular flexibility index (Phi) is 4.87. The third kappa shape index (κ3) is 4.06. The molecule has 6 nitrogen and oxygen atoms in total. The van der Waals surface area contributed by atoms with Gasteiger partial charge in [-0.2, -0.15) is 0 Å². The Labute approximate surface area is 165 Å². The molecule has 2 atom stereocenters. The highest BCUT2D eigenvalue weighted by molar-refractivity contribution is 5.92. The number of furan rings is 1. The molecule has 0 aliphatic heterocycles. The molecule has 2 aliphatic rings. The summed E-state index contributed by atoms with van der Waals surface area (Å²) in [6.45, 7) is 4.24. The van der Waals surface area contributed by atoms with Gasteiger partial charge in [0.2, 0.25) is 5.91 Å². The minimum absolute atomic E-state index is 0.0323. The molecule has 1 aromatic carbocycles. The largest absolute Gasteiger partial charge is 0.464 e. The third-order valence-electron chi connectivity index (χ3n) is 5.71. The first-order valence-electron chi connectivity index (χ1n) is 9.93. The minimum atomic E-state index is -0.118. The Balaban J connectivity index is 1.40. The maximum absolute atomic E-state index is 12.8. The molecule has 0 radical (unpaired) electrons. The molecule has 2 fully saturated rings. The Hall–Kier alpha value is -2.76. The van der Waals surface area contributed by atoms with Gasteiger partial charge < -0.3 is 19.5 Å². The van der Waals surface area contributed by atoms with Crippen molar-refractivity contribution in [1.82, 2.24) is 4.90 Å². The fraction of sp³-hybridized carbons (Fsp3) is 0.455. The Morgan fingerprint density at radius 2 is 1.82 bits per heavy atom. The van der Waals surface area contributed by atoms with Crippen molar-refractivity contribution < 1.29 is 14.0 Å². The number of anilines is 2. The Morgan fingerprint density at radius 3 is 2.39 bits per heavy atom. The van der Waals surface area contributed by atoms with Crippen molar-refractivity contribution in [2.75, 3.05) is 17.3 Å². The highest BCUT2D eigenvalue weighted by atomic mass is 16.3. The summed E-state index contributed by atoms with van der Waals surface area (Å²) in [5, 5.41) is 2.97. The first kappa shape index (κ1) is 18.6. The Morgan fingerprint density at radius 1 is 1.14 bits per heavy atom. The molecular formula is C22H27N3O3. The molecule has 0 saturated heterocycles. The number of hydrogen-bond donors (Lipinski definition) is 1. The summed E-state index contributed by atoms with van der Waals surface area (Å²) in [7, 11) is 1.73. The van der Waals surface area contributed by atoms with E-state index in [2.05, 4.69) is 18.3 Å². The lowest BCUT2D eigenvalue weighted by Crippen LogP contribution is -2.36. The predicted octanol–water partition coefficient (Wildman–Crippen LogP) is 4.58. The standard InChI is InChI=1S/C22H27N3O3/c1-14-12-20(14)21-11-10-19(28-21)13-25(18-8-9-18)22(27)23-16-4-6-17(7-5-16)24(3)15(2)26/h4-7,10-11,14,18,20H,8-9,12-13H2,1-3H3,(H,23,27). The molecule has 1 N–H and O–H groups in total. The molecule has 2 aliphatic carbocycles. The van der Waals surface area contributed by atoms with Crippen LogP contribution < -0.4 is 10.2 Å². The topological polar surface area (TPSA) is 65.8 Å². The zero-order valence-electron chi connectivity index (χ0n) is 16.6. The number of carbonyl (C=O) groups excluding carboxylic acids is 2. The molecule has 0 bridgehead atoms. The van der Waals surface area contributed by atoms with Crippen molar-refractivity contribution in [1.29, 1.82) is 0 Å². The van der Waals surface area contributed by atoms with E-state index in [-0.39, 0.29) is 18.0 Å². The summed E-state index contributed by atoms with van der Waals surface area (Å²) in [6.07, 6.45) is 3.25. The number of amides is 3. The van der Waals surface area contributed by atoms with Gasteiger partial charge in [0, 0.05) is 37.3 Å². The van der Waals surface area contributed by atoms with Crippen molar-refractivity contribution in [2.24, 2.45) is 5.92 Å². The van der Waals surface area contributed by atoms with Gasteiger partial charge >= 0.3 is 6.03 Å². The lowest BCUT2D eigenvalue weighted by atomic mass is 10.2. The van der Waals surface area contributed by atoms with Crippen LogP contribution in [0.3, 0.4) is 0 Å². The second-order valence-electron chi connectivity index (χ2n) is 8.04. The first-order valence-corrected chi connectivity index (χ1v) is 9.93. The predicted molar refractivity (Wildman–Crippen MR) is 108 cm³/mol. The van der Waals surface area contributed by atoms with Crippen LogP contribution in [0.25, 0.3) is 0 Å². The minimum Gasteiger partial charge on any atom is -0.464 e. The summed E-state index contributed by atoms with van der Waals surface area (Å²) in [5.74, 6) is 3.10. The van der Waals surface area contributed by atoms with Gasteiger partial charge in [-0.15, -0.1) is 0 Å². The lowest BCUT2D eigenvalue weighted by Gasteiger charge is -2.22. The molecule has 148 valence electrons. The van der Waals surface area contributed by atoms with E-state index < -0.39 is 0 Å². The maximum Gasteiger partial charge on any atom is 0.322 e. The molecular weight excluding hydrogens is 354 g/mol. The normalized spacial score (nSPS) is 20.5. The van der Waals surface area contributed by atoms with Crippen LogP contribution in [0.5, 0.6) is 0 Å². The number of benzene rings is 1. The van der Waals surface area contributed by atoms with Crippen molar-refractivity contribution >= 4 is 23.3 Å². The first-order chi connectivity index (χ1) is 13.4. The van der Waals surface area contributed by atoms with Crippen molar-refractivity contribution in [3.8, 4) is 0 Å². The Bertz CT molecular complexity index is 869. The second-order valence-corrected chi connectivity index (χ2v) is 8.04. The van der Waals surface area contributed by atoms with Crippen molar-refractivity contribution in [3.05, 3.63) is 47.9 Å². The third-order valence-corrected chi connectivity index (χ3v) is 5.71.